The highest BCUT2D eigenvalue weighted by Crippen LogP contribution is 2.30. The van der Waals surface area contributed by atoms with Crippen LogP contribution < -0.4 is 10.6 Å². The summed E-state index contributed by atoms with van der Waals surface area (Å²) in [7, 11) is 0. The molecular formula is C14H17F3N3O2+. The zero-order chi connectivity index (χ0) is 16.3. The van der Waals surface area contributed by atoms with E-state index in [-0.39, 0.29) is 18.5 Å². The summed E-state index contributed by atoms with van der Waals surface area (Å²) in [5.74, 6) is -0.353. The molecule has 1 aromatic rings. The molecular weight excluding hydrogens is 299 g/mol. The predicted octanol–water partition coefficient (Wildman–Crippen LogP) is 0.882. The maximum Gasteiger partial charge on any atom is 0.416 e. The van der Waals surface area contributed by atoms with E-state index in [0.717, 1.165) is 17.0 Å². The fraction of sp³-hybridized carbons (Fsp3) is 0.429. The Hall–Kier alpha value is -2.09. The summed E-state index contributed by atoms with van der Waals surface area (Å²) in [5, 5.41) is 4.14. The van der Waals surface area contributed by atoms with E-state index in [2.05, 4.69) is 5.32 Å². The number of nitrogens with two attached hydrogens (primary N) is 1. The highest BCUT2D eigenvalue weighted by Gasteiger charge is 2.31. The van der Waals surface area contributed by atoms with Crippen LogP contribution in [0.25, 0.3) is 0 Å². The molecule has 0 radical (unpaired) electrons. The molecule has 1 atom stereocenters. The van der Waals surface area contributed by atoms with Crippen LogP contribution in [0.3, 0.4) is 0 Å². The van der Waals surface area contributed by atoms with E-state index in [1.807, 2.05) is 0 Å². The van der Waals surface area contributed by atoms with Crippen LogP contribution in [0.15, 0.2) is 24.3 Å². The molecule has 1 fully saturated rings. The zero-order valence-electron chi connectivity index (χ0n) is 12.0. The third kappa shape index (κ3) is 3.76. The van der Waals surface area contributed by atoms with E-state index < -0.39 is 17.8 Å². The van der Waals surface area contributed by atoms with E-state index in [0.29, 0.717) is 18.7 Å². The topological polar surface area (TPSA) is 66.0 Å². The average molecular weight is 316 g/mol. The van der Waals surface area contributed by atoms with Crippen molar-refractivity contribution in [3.63, 3.8) is 0 Å². The number of halogens is 3. The molecule has 5 nitrogen and oxygen atoms in total. The number of carbonyl (C=O) groups is 2. The number of hydrogen-bond acceptors (Lipinski definition) is 2. The molecule has 0 aromatic heterocycles. The fourth-order valence-electron chi connectivity index (χ4n) is 2.23. The summed E-state index contributed by atoms with van der Waals surface area (Å²) in [6.45, 7) is 2.47. The number of amides is 3. The van der Waals surface area contributed by atoms with Crippen LogP contribution in [0.4, 0.5) is 18.0 Å². The van der Waals surface area contributed by atoms with Crippen molar-refractivity contribution >= 4 is 11.9 Å². The minimum atomic E-state index is -4.39. The zero-order valence-corrected chi connectivity index (χ0v) is 12.0. The summed E-state index contributed by atoms with van der Waals surface area (Å²) < 4.78 is 38.0. The molecule has 3 N–H and O–H groups in total. The average Bonchev–Trinajstić information content (AvgIpc) is 2.90. The normalized spacial score (nSPS) is 16.5. The maximum atomic E-state index is 12.7. The number of quaternary nitrogens is 1. The lowest BCUT2D eigenvalue weighted by Crippen LogP contribution is -2.87. The Bertz CT molecular complexity index is 575. The molecule has 3 amide bonds. The van der Waals surface area contributed by atoms with Crippen molar-refractivity contribution < 1.29 is 28.1 Å². The molecule has 1 saturated heterocycles. The first-order valence-corrected chi connectivity index (χ1v) is 6.87. The molecule has 22 heavy (non-hydrogen) atoms. The van der Waals surface area contributed by atoms with Gasteiger partial charge in [0.15, 0.2) is 6.54 Å². The van der Waals surface area contributed by atoms with Crippen molar-refractivity contribution in [3.05, 3.63) is 35.4 Å². The van der Waals surface area contributed by atoms with Crippen molar-refractivity contribution in [3.8, 4) is 0 Å². The fourth-order valence-corrected chi connectivity index (χ4v) is 2.23. The molecule has 0 saturated carbocycles. The van der Waals surface area contributed by atoms with Crippen LogP contribution in [-0.4, -0.2) is 36.5 Å². The summed E-state index contributed by atoms with van der Waals surface area (Å²) in [6, 6.07) is 4.27. The second-order valence-corrected chi connectivity index (χ2v) is 5.13. The lowest BCUT2D eigenvalue weighted by molar-refractivity contribution is -0.683. The van der Waals surface area contributed by atoms with Gasteiger partial charge < -0.3 is 10.6 Å². The van der Waals surface area contributed by atoms with E-state index in [9.17, 15) is 22.8 Å². The number of nitrogens with one attached hydrogen (secondary N) is 1. The Kier molecular flexibility index (Phi) is 4.70. The van der Waals surface area contributed by atoms with E-state index in [4.69, 9.17) is 0 Å². The third-order valence-electron chi connectivity index (χ3n) is 3.54. The van der Waals surface area contributed by atoms with Crippen molar-refractivity contribution in [1.82, 2.24) is 10.2 Å². The summed E-state index contributed by atoms with van der Waals surface area (Å²) >= 11 is 0. The lowest BCUT2D eigenvalue weighted by Gasteiger charge is -2.15. The number of urea groups is 1. The number of alkyl halides is 3. The predicted molar refractivity (Wildman–Crippen MR) is 71.8 cm³/mol. The molecule has 0 spiro atoms. The van der Waals surface area contributed by atoms with Crippen molar-refractivity contribution in [1.29, 1.82) is 0 Å². The number of benzene rings is 1. The monoisotopic (exact) mass is 316 g/mol. The van der Waals surface area contributed by atoms with Gasteiger partial charge in [-0.05, 0) is 19.1 Å². The molecule has 0 aliphatic carbocycles. The highest BCUT2D eigenvalue weighted by atomic mass is 19.4. The molecule has 120 valence electrons. The van der Waals surface area contributed by atoms with Crippen LogP contribution in [0.1, 0.15) is 24.1 Å². The van der Waals surface area contributed by atoms with Crippen LogP contribution in [0.2, 0.25) is 0 Å². The smallest absolute Gasteiger partial charge is 0.336 e. The third-order valence-corrected chi connectivity index (χ3v) is 3.54. The van der Waals surface area contributed by atoms with Gasteiger partial charge in [0.2, 0.25) is 0 Å². The quantitative estimate of drug-likeness (QED) is 0.866. The highest BCUT2D eigenvalue weighted by molar-refractivity contribution is 5.96. The molecule has 2 rings (SSSR count). The number of nitrogens with zero attached hydrogens (tertiary/aromatic N) is 1. The van der Waals surface area contributed by atoms with Crippen LogP contribution in [0.5, 0.6) is 0 Å². The standard InChI is InChI=1S/C14H16F3N3O2/c1-9(10-3-2-4-11(7-10)14(15,16)17)19-8-12(21)20-6-5-18-13(20)22/h2-4,7,9,19H,5-6,8H2,1H3,(H,18,22)/p+1/t9-/m1/s1. The largest absolute Gasteiger partial charge is 0.416 e. The number of rotatable bonds is 4. The molecule has 0 bridgehead atoms. The summed E-state index contributed by atoms with van der Waals surface area (Å²) in [4.78, 5) is 24.3. The van der Waals surface area contributed by atoms with Crippen LogP contribution >= 0.6 is 0 Å². The lowest BCUT2D eigenvalue weighted by atomic mass is 10.0. The molecule has 1 aromatic carbocycles. The Morgan fingerprint density at radius 1 is 1.45 bits per heavy atom. The minimum Gasteiger partial charge on any atom is -0.336 e. The van der Waals surface area contributed by atoms with Gasteiger partial charge in [-0.2, -0.15) is 13.2 Å². The van der Waals surface area contributed by atoms with Gasteiger partial charge in [0.1, 0.15) is 6.04 Å². The first-order chi connectivity index (χ1) is 10.3. The van der Waals surface area contributed by atoms with Gasteiger partial charge >= 0.3 is 12.2 Å². The summed E-state index contributed by atoms with van der Waals surface area (Å²) in [6.07, 6.45) is -4.39. The second-order valence-electron chi connectivity index (χ2n) is 5.13. The van der Waals surface area contributed by atoms with Gasteiger partial charge in [-0.1, -0.05) is 12.1 Å². The van der Waals surface area contributed by atoms with Gasteiger partial charge in [0.25, 0.3) is 5.91 Å². The van der Waals surface area contributed by atoms with Crippen molar-refractivity contribution in [2.45, 2.75) is 19.1 Å². The van der Waals surface area contributed by atoms with E-state index in [1.165, 1.54) is 6.07 Å². The van der Waals surface area contributed by atoms with E-state index in [1.54, 1.807) is 18.3 Å². The Morgan fingerprint density at radius 2 is 2.18 bits per heavy atom. The molecule has 1 aliphatic heterocycles. The molecule has 0 unspecified atom stereocenters. The first-order valence-electron chi connectivity index (χ1n) is 6.87. The number of hydrogen-bond donors (Lipinski definition) is 2. The Balaban J connectivity index is 1.96. The van der Waals surface area contributed by atoms with Crippen LogP contribution in [0, 0.1) is 0 Å². The van der Waals surface area contributed by atoms with Crippen LogP contribution in [-0.2, 0) is 11.0 Å². The Labute approximate surface area is 125 Å². The van der Waals surface area contributed by atoms with E-state index >= 15 is 0 Å². The van der Waals surface area contributed by atoms with Gasteiger partial charge in [-0.25, -0.2) is 4.79 Å². The Morgan fingerprint density at radius 3 is 2.77 bits per heavy atom. The SMILES string of the molecule is C[C@@H]([NH2+]CC(=O)N1CCNC1=O)c1cccc(C(F)(F)F)c1. The first kappa shape index (κ1) is 16.3. The number of carbonyl (C=O) groups excluding carboxylic acids is 2. The van der Waals surface area contributed by atoms with Gasteiger partial charge in [0, 0.05) is 18.7 Å². The molecule has 1 heterocycles. The summed E-state index contributed by atoms with van der Waals surface area (Å²) in [5.41, 5.74) is -0.232. The second kappa shape index (κ2) is 6.35. The van der Waals surface area contributed by atoms with Crippen molar-refractivity contribution in [2.75, 3.05) is 19.6 Å². The minimum absolute atomic E-state index is 0.00479. The molecule has 8 heteroatoms. The maximum absolute atomic E-state index is 12.7. The van der Waals surface area contributed by atoms with Gasteiger partial charge in [-0.15, -0.1) is 0 Å². The van der Waals surface area contributed by atoms with Gasteiger partial charge in [-0.3, -0.25) is 9.69 Å². The van der Waals surface area contributed by atoms with Crippen molar-refractivity contribution in [2.24, 2.45) is 0 Å². The van der Waals surface area contributed by atoms with Gasteiger partial charge in [0.05, 0.1) is 5.56 Å². The number of imide groups is 1. The molecule has 1 aliphatic rings.